The molecule has 6 rings (SSSR count). The largest absolute Gasteiger partial charge is 0.488 e. The minimum Gasteiger partial charge on any atom is -0.488 e. The summed E-state index contributed by atoms with van der Waals surface area (Å²) in [4.78, 5) is 44.2. The van der Waals surface area contributed by atoms with Crippen molar-refractivity contribution in [2.45, 2.75) is 58.5 Å². The molecule has 46 heavy (non-hydrogen) atoms. The molecule has 240 valence electrons. The van der Waals surface area contributed by atoms with Crippen molar-refractivity contribution in [3.63, 3.8) is 0 Å². The summed E-state index contributed by atoms with van der Waals surface area (Å²) in [6, 6.07) is 15.0. The van der Waals surface area contributed by atoms with E-state index in [4.69, 9.17) is 16.3 Å². The van der Waals surface area contributed by atoms with E-state index in [9.17, 15) is 19.5 Å². The van der Waals surface area contributed by atoms with Crippen molar-refractivity contribution in [3.8, 4) is 11.4 Å². The maximum Gasteiger partial charge on any atom is 0.333 e. The van der Waals surface area contributed by atoms with Gasteiger partial charge in [-0.2, -0.15) is 0 Å². The van der Waals surface area contributed by atoms with Crippen LogP contribution in [0.1, 0.15) is 60.6 Å². The first-order chi connectivity index (χ1) is 22.3. The van der Waals surface area contributed by atoms with Gasteiger partial charge in [-0.15, -0.1) is 0 Å². The number of hydrogen-bond acceptors (Lipinski definition) is 6. The van der Waals surface area contributed by atoms with Crippen molar-refractivity contribution >= 4 is 40.0 Å². The molecule has 3 heterocycles. The van der Waals surface area contributed by atoms with E-state index >= 15 is 0 Å². The summed E-state index contributed by atoms with van der Waals surface area (Å²) in [5, 5.41) is 15.5. The van der Waals surface area contributed by atoms with Crippen LogP contribution >= 0.6 is 11.6 Å². The van der Waals surface area contributed by atoms with Crippen molar-refractivity contribution in [1.82, 2.24) is 24.8 Å². The summed E-state index contributed by atoms with van der Waals surface area (Å²) in [7, 11) is 0. The first kappa shape index (κ1) is 31.6. The second kappa shape index (κ2) is 13.5. The number of pyridine rings is 1. The Morgan fingerprint density at radius 3 is 2.57 bits per heavy atom. The molecule has 11 heteroatoms. The van der Waals surface area contributed by atoms with E-state index in [1.807, 2.05) is 54.0 Å². The van der Waals surface area contributed by atoms with E-state index in [0.717, 1.165) is 42.3 Å². The van der Waals surface area contributed by atoms with Crippen LogP contribution in [0.15, 0.2) is 65.1 Å². The third-order valence-electron chi connectivity index (χ3n) is 9.06. The van der Waals surface area contributed by atoms with Crippen molar-refractivity contribution in [1.29, 1.82) is 0 Å². The molecule has 2 aromatic heterocycles. The lowest BCUT2D eigenvalue weighted by Crippen LogP contribution is -2.39. The van der Waals surface area contributed by atoms with Gasteiger partial charge in [0.05, 0.1) is 45.2 Å². The van der Waals surface area contributed by atoms with E-state index in [1.54, 1.807) is 17.6 Å². The number of aliphatic hydroxyl groups is 1. The van der Waals surface area contributed by atoms with Crippen LogP contribution in [0.25, 0.3) is 22.3 Å². The maximum absolute atomic E-state index is 14.1. The van der Waals surface area contributed by atoms with E-state index < -0.39 is 0 Å². The lowest BCUT2D eigenvalue weighted by atomic mass is 9.85. The van der Waals surface area contributed by atoms with Gasteiger partial charge in [-0.25, -0.2) is 4.79 Å². The summed E-state index contributed by atoms with van der Waals surface area (Å²) >= 11 is 6.07. The SMILES string of the molecule is CCC1=C(C(=O)NCCO)c2ccc(-n3c(=O)n(CC4CCC(NC(=O)c5cc(Cl)cnc5C)CC4)c4ccccc43)cc2OC1. The Morgan fingerprint density at radius 1 is 1.07 bits per heavy atom. The number of imidazole rings is 1. The third-order valence-corrected chi connectivity index (χ3v) is 9.26. The number of halogens is 1. The average Bonchev–Trinajstić information content (AvgIpc) is 3.35. The highest BCUT2D eigenvalue weighted by atomic mass is 35.5. The van der Waals surface area contributed by atoms with Crippen LogP contribution in [-0.2, 0) is 11.3 Å². The second-order valence-electron chi connectivity index (χ2n) is 12.0. The first-order valence-corrected chi connectivity index (χ1v) is 16.2. The van der Waals surface area contributed by atoms with Gasteiger partial charge in [-0.05, 0) is 80.9 Å². The molecule has 2 amide bonds. The van der Waals surface area contributed by atoms with Crippen LogP contribution in [0, 0.1) is 12.8 Å². The molecule has 10 nitrogen and oxygen atoms in total. The summed E-state index contributed by atoms with van der Waals surface area (Å²) < 4.78 is 9.64. The fourth-order valence-corrected chi connectivity index (χ4v) is 6.76. The Morgan fingerprint density at radius 2 is 1.83 bits per heavy atom. The van der Waals surface area contributed by atoms with Crippen LogP contribution in [0.2, 0.25) is 5.02 Å². The van der Waals surface area contributed by atoms with Gasteiger partial charge in [0.1, 0.15) is 12.4 Å². The number of nitrogens with zero attached hydrogens (tertiary/aromatic N) is 3. The number of amides is 2. The summed E-state index contributed by atoms with van der Waals surface area (Å²) in [5.41, 5.74) is 5.41. The highest BCUT2D eigenvalue weighted by Gasteiger charge is 2.28. The molecule has 1 aliphatic carbocycles. The fourth-order valence-electron chi connectivity index (χ4n) is 6.61. The Hall–Kier alpha value is -4.41. The summed E-state index contributed by atoms with van der Waals surface area (Å²) in [6.45, 7) is 4.65. The molecule has 0 radical (unpaired) electrons. The van der Waals surface area contributed by atoms with Gasteiger partial charge in [0.15, 0.2) is 0 Å². The van der Waals surface area contributed by atoms with Crippen LogP contribution in [0.5, 0.6) is 5.75 Å². The molecule has 2 aliphatic rings. The highest BCUT2D eigenvalue weighted by molar-refractivity contribution is 6.30. The molecular formula is C35H38ClN5O5. The van der Waals surface area contributed by atoms with Crippen LogP contribution < -0.4 is 21.1 Å². The van der Waals surface area contributed by atoms with Gasteiger partial charge >= 0.3 is 5.69 Å². The van der Waals surface area contributed by atoms with Gasteiger partial charge in [-0.1, -0.05) is 30.7 Å². The van der Waals surface area contributed by atoms with Gasteiger partial charge in [0.2, 0.25) is 0 Å². The highest BCUT2D eigenvalue weighted by Crippen LogP contribution is 2.36. The van der Waals surface area contributed by atoms with Crippen molar-refractivity contribution in [2.75, 3.05) is 19.8 Å². The Balaban J connectivity index is 1.22. The number of nitrogens with one attached hydrogen (secondary N) is 2. The predicted molar refractivity (Wildman–Crippen MR) is 178 cm³/mol. The number of ether oxygens (including phenoxy) is 1. The molecule has 0 unspecified atom stereocenters. The van der Waals surface area contributed by atoms with Gasteiger partial charge in [0.25, 0.3) is 11.8 Å². The number of aryl methyl sites for hydroxylation is 1. The molecule has 0 bridgehead atoms. The number of carbonyl (C=O) groups excluding carboxylic acids is 2. The zero-order valence-electron chi connectivity index (χ0n) is 26.0. The molecule has 1 saturated carbocycles. The smallest absolute Gasteiger partial charge is 0.333 e. The number of aliphatic hydroxyl groups excluding tert-OH is 1. The lowest BCUT2D eigenvalue weighted by Gasteiger charge is -2.29. The number of aromatic nitrogens is 3. The maximum atomic E-state index is 14.1. The van der Waals surface area contributed by atoms with Crippen molar-refractivity contribution in [3.05, 3.63) is 92.6 Å². The Bertz CT molecular complexity index is 1890. The van der Waals surface area contributed by atoms with Crippen LogP contribution in [0.3, 0.4) is 0 Å². The Kier molecular flexibility index (Phi) is 9.28. The van der Waals surface area contributed by atoms with Crippen LogP contribution in [0.4, 0.5) is 0 Å². The summed E-state index contributed by atoms with van der Waals surface area (Å²) in [6.07, 6.45) is 5.59. The van der Waals surface area contributed by atoms with Gasteiger partial charge in [-0.3, -0.25) is 23.7 Å². The molecule has 0 saturated heterocycles. The number of rotatable bonds is 9. The molecule has 4 aromatic rings. The number of benzene rings is 2. The van der Waals surface area contributed by atoms with Gasteiger partial charge < -0.3 is 20.5 Å². The van der Waals surface area contributed by atoms with E-state index in [-0.39, 0.29) is 49.2 Å². The molecule has 3 N–H and O–H groups in total. The van der Waals surface area contributed by atoms with Crippen molar-refractivity contribution in [2.24, 2.45) is 5.92 Å². The average molecular weight is 644 g/mol. The standard InChI is InChI=1S/C35H38ClN5O5/c1-3-23-20-46-31-17-26(12-13-27(31)32(23)34(44)37-14-15-42)41-30-7-5-4-6-29(30)40(35(41)45)19-22-8-10-25(11-9-22)39-33(43)28-16-24(36)18-38-21(28)2/h4-7,12-13,16-18,22,25,42H,3,8-11,14-15,19-20H2,1-2H3,(H,37,44)(H,39,43). The number of para-hydroxylation sites is 2. The zero-order chi connectivity index (χ0) is 32.4. The molecule has 1 fully saturated rings. The molecule has 2 aromatic carbocycles. The van der Waals surface area contributed by atoms with Crippen LogP contribution in [-0.4, -0.2) is 56.8 Å². The van der Waals surface area contributed by atoms with Gasteiger partial charge in [0, 0.05) is 37.0 Å². The number of carbonyl (C=O) groups is 2. The monoisotopic (exact) mass is 643 g/mol. The topological polar surface area (TPSA) is 127 Å². The zero-order valence-corrected chi connectivity index (χ0v) is 26.8. The summed E-state index contributed by atoms with van der Waals surface area (Å²) in [5.74, 6) is 0.410. The minimum absolute atomic E-state index is 0.0496. The predicted octanol–water partition coefficient (Wildman–Crippen LogP) is 4.80. The molecular weight excluding hydrogens is 606 g/mol. The van der Waals surface area contributed by atoms with E-state index in [0.29, 0.717) is 51.8 Å². The van der Waals surface area contributed by atoms with Crippen molar-refractivity contribution < 1.29 is 19.4 Å². The normalized spacial score (nSPS) is 17.8. The quantitative estimate of drug-likeness (QED) is 0.240. The lowest BCUT2D eigenvalue weighted by molar-refractivity contribution is -0.115. The Labute approximate surface area is 272 Å². The molecule has 1 aliphatic heterocycles. The van der Waals surface area contributed by atoms with E-state index in [1.165, 1.54) is 6.20 Å². The first-order valence-electron chi connectivity index (χ1n) is 15.8. The second-order valence-corrected chi connectivity index (χ2v) is 12.4. The minimum atomic E-state index is -0.247. The number of hydrogen-bond donors (Lipinski definition) is 3. The molecule has 0 spiro atoms. The molecule has 0 atom stereocenters. The van der Waals surface area contributed by atoms with E-state index in [2.05, 4.69) is 15.6 Å². The third kappa shape index (κ3) is 6.19. The number of fused-ring (bicyclic) bond motifs is 2. The fraction of sp³-hybridized carbons (Fsp3) is 0.371.